The van der Waals surface area contributed by atoms with Gasteiger partial charge in [0.2, 0.25) is 0 Å². The molecule has 1 amide bonds. The lowest BCUT2D eigenvalue weighted by atomic mass is 9.91. The third-order valence-electron chi connectivity index (χ3n) is 3.10. The number of carbonyl (C=O) groups excluding carboxylic acids is 2. The van der Waals surface area contributed by atoms with Crippen LogP contribution >= 0.6 is 23.1 Å². The molecule has 5 heteroatoms. The first-order valence-electron chi connectivity index (χ1n) is 6.39. The summed E-state index contributed by atoms with van der Waals surface area (Å²) in [7, 11) is 0. The third kappa shape index (κ3) is 3.60. The van der Waals surface area contributed by atoms with Crippen molar-refractivity contribution in [1.29, 1.82) is 0 Å². The Morgan fingerprint density at radius 2 is 2.11 bits per heavy atom. The van der Waals surface area contributed by atoms with Crippen LogP contribution in [0.3, 0.4) is 0 Å². The maximum atomic E-state index is 12.0. The van der Waals surface area contributed by atoms with Crippen molar-refractivity contribution < 1.29 is 9.59 Å². The number of thioether (sulfide) groups is 1. The highest BCUT2D eigenvalue weighted by molar-refractivity contribution is 7.98. The number of hydrogen-bond acceptors (Lipinski definition) is 4. The topological polar surface area (TPSA) is 46.2 Å². The van der Waals surface area contributed by atoms with Crippen molar-refractivity contribution in [1.82, 2.24) is 5.32 Å². The fourth-order valence-electron chi connectivity index (χ4n) is 1.77. The average molecular weight is 297 g/mol. The van der Waals surface area contributed by atoms with Crippen LogP contribution in [0.5, 0.6) is 0 Å². The predicted molar refractivity (Wildman–Crippen MR) is 81.0 cm³/mol. The fourth-order valence-corrected chi connectivity index (χ4v) is 4.06. The molecule has 0 saturated carbocycles. The smallest absolute Gasteiger partial charge is 0.261 e. The molecule has 0 bridgehead atoms. The van der Waals surface area contributed by atoms with Crippen molar-refractivity contribution in [2.75, 3.05) is 12.3 Å². The highest BCUT2D eigenvalue weighted by Gasteiger charge is 2.22. The normalized spacial score (nSPS) is 14.9. The van der Waals surface area contributed by atoms with Gasteiger partial charge >= 0.3 is 0 Å². The monoisotopic (exact) mass is 297 g/mol. The predicted octanol–water partition coefficient (Wildman–Crippen LogP) is 2.88. The second-order valence-electron chi connectivity index (χ2n) is 5.72. The van der Waals surface area contributed by atoms with Crippen molar-refractivity contribution in [3.05, 3.63) is 21.4 Å². The zero-order valence-corrected chi connectivity index (χ0v) is 13.2. The molecular weight excluding hydrogens is 278 g/mol. The molecule has 1 aromatic rings. The molecule has 3 nitrogen and oxygen atoms in total. The SMILES string of the molecule is CC(C)(C)C(=O)CNC(=O)c1cc2c(s1)CCSC2. The summed E-state index contributed by atoms with van der Waals surface area (Å²) in [6.07, 6.45) is 1.05. The van der Waals surface area contributed by atoms with Crippen LogP contribution in [0, 0.1) is 5.41 Å². The van der Waals surface area contributed by atoms with Gasteiger partial charge in [0.05, 0.1) is 11.4 Å². The van der Waals surface area contributed by atoms with E-state index in [9.17, 15) is 9.59 Å². The van der Waals surface area contributed by atoms with Crippen molar-refractivity contribution in [2.24, 2.45) is 5.41 Å². The van der Waals surface area contributed by atoms with Gasteiger partial charge in [-0.3, -0.25) is 9.59 Å². The van der Waals surface area contributed by atoms with E-state index in [2.05, 4.69) is 5.32 Å². The van der Waals surface area contributed by atoms with E-state index in [1.54, 1.807) is 11.3 Å². The summed E-state index contributed by atoms with van der Waals surface area (Å²) >= 11 is 3.47. The van der Waals surface area contributed by atoms with Crippen molar-refractivity contribution >= 4 is 34.8 Å². The van der Waals surface area contributed by atoms with Crippen LogP contribution in [0.4, 0.5) is 0 Å². The summed E-state index contributed by atoms with van der Waals surface area (Å²) in [4.78, 5) is 25.9. The Morgan fingerprint density at radius 1 is 1.37 bits per heavy atom. The molecule has 2 rings (SSSR count). The van der Waals surface area contributed by atoms with Crippen LogP contribution in [-0.4, -0.2) is 24.0 Å². The van der Waals surface area contributed by atoms with E-state index in [1.165, 1.54) is 10.4 Å². The van der Waals surface area contributed by atoms with E-state index in [-0.39, 0.29) is 18.2 Å². The largest absolute Gasteiger partial charge is 0.344 e. The van der Waals surface area contributed by atoms with Gasteiger partial charge in [0, 0.05) is 16.0 Å². The third-order valence-corrected chi connectivity index (χ3v) is 5.34. The Bertz CT molecular complexity index is 477. The number of rotatable bonds is 3. The summed E-state index contributed by atoms with van der Waals surface area (Å²) in [6, 6.07) is 1.98. The Hall–Kier alpha value is -0.810. The van der Waals surface area contributed by atoms with Crippen LogP contribution < -0.4 is 5.32 Å². The van der Waals surface area contributed by atoms with E-state index in [4.69, 9.17) is 0 Å². The summed E-state index contributed by atoms with van der Waals surface area (Å²) in [5.74, 6) is 2.07. The van der Waals surface area contributed by atoms with Gasteiger partial charge in [0.25, 0.3) is 5.91 Å². The first-order chi connectivity index (χ1) is 8.88. The zero-order chi connectivity index (χ0) is 14.0. The van der Waals surface area contributed by atoms with Crippen LogP contribution in [0.15, 0.2) is 6.07 Å². The van der Waals surface area contributed by atoms with Crippen molar-refractivity contribution in [2.45, 2.75) is 32.9 Å². The molecule has 0 radical (unpaired) electrons. The molecule has 0 saturated heterocycles. The number of nitrogens with one attached hydrogen (secondary N) is 1. The first kappa shape index (κ1) is 14.6. The van der Waals surface area contributed by atoms with Gasteiger partial charge < -0.3 is 5.32 Å². The average Bonchev–Trinajstić information content (AvgIpc) is 2.78. The van der Waals surface area contributed by atoms with E-state index < -0.39 is 5.41 Å². The molecule has 1 N–H and O–H groups in total. The minimum absolute atomic E-state index is 0.0534. The Kier molecular flexibility index (Phi) is 4.36. The number of ketones is 1. The molecule has 19 heavy (non-hydrogen) atoms. The molecule has 1 aliphatic rings. The van der Waals surface area contributed by atoms with Gasteiger partial charge in [-0.05, 0) is 23.8 Å². The fraction of sp³-hybridized carbons (Fsp3) is 0.571. The number of amides is 1. The first-order valence-corrected chi connectivity index (χ1v) is 8.36. The molecule has 2 heterocycles. The maximum Gasteiger partial charge on any atom is 0.261 e. The van der Waals surface area contributed by atoms with Gasteiger partial charge in [0.15, 0.2) is 5.78 Å². The number of thiophene rings is 1. The van der Waals surface area contributed by atoms with E-state index in [0.29, 0.717) is 0 Å². The Balaban J connectivity index is 1.97. The number of aryl methyl sites for hydroxylation is 1. The minimum atomic E-state index is -0.404. The molecular formula is C14H19NO2S2. The van der Waals surface area contributed by atoms with Gasteiger partial charge in [-0.25, -0.2) is 0 Å². The number of fused-ring (bicyclic) bond motifs is 1. The quantitative estimate of drug-likeness (QED) is 0.933. The maximum absolute atomic E-state index is 12.0. The molecule has 0 aromatic carbocycles. The standard InChI is InChI=1S/C14H19NO2S2/c1-14(2,3)12(16)7-15-13(17)11-6-9-8-18-5-4-10(9)19-11/h6H,4-5,7-8H2,1-3H3,(H,15,17). The lowest BCUT2D eigenvalue weighted by Gasteiger charge is -2.16. The molecule has 0 aliphatic carbocycles. The van der Waals surface area contributed by atoms with E-state index in [0.717, 1.165) is 22.8 Å². The molecule has 0 fully saturated rings. The molecule has 1 aliphatic heterocycles. The molecule has 0 unspecified atom stereocenters. The van der Waals surface area contributed by atoms with Gasteiger partial charge in [0.1, 0.15) is 0 Å². The summed E-state index contributed by atoms with van der Waals surface area (Å²) in [5, 5.41) is 2.73. The number of carbonyl (C=O) groups is 2. The van der Waals surface area contributed by atoms with Gasteiger partial charge in [-0.1, -0.05) is 20.8 Å². The number of hydrogen-bond donors (Lipinski definition) is 1. The van der Waals surface area contributed by atoms with E-state index >= 15 is 0 Å². The lowest BCUT2D eigenvalue weighted by molar-refractivity contribution is -0.125. The summed E-state index contributed by atoms with van der Waals surface area (Å²) < 4.78 is 0. The molecule has 104 valence electrons. The van der Waals surface area contributed by atoms with Crippen LogP contribution in [0.2, 0.25) is 0 Å². The van der Waals surface area contributed by atoms with Crippen molar-refractivity contribution in [3.63, 3.8) is 0 Å². The molecule has 0 atom stereocenters. The second kappa shape index (κ2) is 5.67. The highest BCUT2D eigenvalue weighted by atomic mass is 32.2. The highest BCUT2D eigenvalue weighted by Crippen LogP contribution is 2.31. The minimum Gasteiger partial charge on any atom is -0.344 e. The van der Waals surface area contributed by atoms with E-state index in [1.807, 2.05) is 38.6 Å². The summed E-state index contributed by atoms with van der Waals surface area (Å²) in [5.41, 5.74) is 0.882. The Morgan fingerprint density at radius 3 is 2.74 bits per heavy atom. The summed E-state index contributed by atoms with van der Waals surface area (Å²) in [6.45, 7) is 5.70. The van der Waals surface area contributed by atoms with Crippen LogP contribution in [-0.2, 0) is 17.0 Å². The Labute approximate surface area is 122 Å². The molecule has 0 spiro atoms. The van der Waals surface area contributed by atoms with Crippen LogP contribution in [0.25, 0.3) is 0 Å². The van der Waals surface area contributed by atoms with Gasteiger partial charge in [-0.15, -0.1) is 11.3 Å². The van der Waals surface area contributed by atoms with Crippen molar-refractivity contribution in [3.8, 4) is 0 Å². The molecule has 1 aromatic heterocycles. The lowest BCUT2D eigenvalue weighted by Crippen LogP contribution is -2.35. The number of Topliss-reactive ketones (excluding diaryl/α,β-unsaturated/α-hetero) is 1. The second-order valence-corrected chi connectivity index (χ2v) is 7.96. The van der Waals surface area contributed by atoms with Gasteiger partial charge in [-0.2, -0.15) is 11.8 Å². The van der Waals surface area contributed by atoms with Crippen LogP contribution in [0.1, 0.15) is 40.9 Å². The zero-order valence-electron chi connectivity index (χ0n) is 11.5.